The minimum absolute atomic E-state index is 0.0354. The molecule has 0 spiro atoms. The molecule has 0 aromatic carbocycles. The van der Waals surface area contributed by atoms with Crippen molar-refractivity contribution in [3.63, 3.8) is 0 Å². The molecule has 1 aromatic heterocycles. The summed E-state index contributed by atoms with van der Waals surface area (Å²) in [5.74, 6) is 0.385. The predicted molar refractivity (Wildman–Crippen MR) is 79.1 cm³/mol. The highest BCUT2D eigenvalue weighted by Crippen LogP contribution is 2.25. The fourth-order valence-electron chi connectivity index (χ4n) is 1.28. The van der Waals surface area contributed by atoms with E-state index in [0.29, 0.717) is 5.75 Å². The largest absolute Gasteiger partial charge is 0.383 e. The maximum atomic E-state index is 11.7. The Morgan fingerprint density at radius 2 is 2.11 bits per heavy atom. The van der Waals surface area contributed by atoms with Crippen molar-refractivity contribution in [3.05, 3.63) is 22.4 Å². The van der Waals surface area contributed by atoms with Crippen LogP contribution in [0.2, 0.25) is 0 Å². The first kappa shape index (κ1) is 15.5. The number of nitrogens with one attached hydrogen (secondary N) is 1. The number of aliphatic hydroxyl groups is 1. The molecule has 2 N–H and O–H groups in total. The van der Waals surface area contributed by atoms with Crippen LogP contribution in [0.4, 0.5) is 0 Å². The Bertz CT molecular complexity index is 380. The Kier molecular flexibility index (Phi) is 5.25. The zero-order valence-electron chi connectivity index (χ0n) is 11.3. The average molecular weight is 287 g/mol. The summed E-state index contributed by atoms with van der Waals surface area (Å²) < 4.78 is 0.0770. The van der Waals surface area contributed by atoms with Crippen molar-refractivity contribution >= 4 is 29.0 Å². The predicted octanol–water partition coefficient (Wildman–Crippen LogP) is 2.60. The van der Waals surface area contributed by atoms with Crippen molar-refractivity contribution in [1.29, 1.82) is 0 Å². The average Bonchev–Trinajstić information content (AvgIpc) is 2.76. The van der Waals surface area contributed by atoms with Gasteiger partial charge in [-0.15, -0.1) is 23.1 Å². The third-order valence-corrected chi connectivity index (χ3v) is 4.71. The maximum absolute atomic E-state index is 11.7. The van der Waals surface area contributed by atoms with Crippen LogP contribution in [0.15, 0.2) is 17.5 Å². The highest BCUT2D eigenvalue weighted by Gasteiger charge is 2.25. The molecule has 1 aromatic rings. The number of hydrogen-bond donors (Lipinski definition) is 2. The smallest absolute Gasteiger partial charge is 0.230 e. The van der Waals surface area contributed by atoms with Crippen LogP contribution >= 0.6 is 23.1 Å². The monoisotopic (exact) mass is 287 g/mol. The molecule has 0 fully saturated rings. The van der Waals surface area contributed by atoms with E-state index >= 15 is 0 Å². The van der Waals surface area contributed by atoms with Crippen molar-refractivity contribution in [2.24, 2.45) is 0 Å². The second-order valence-electron chi connectivity index (χ2n) is 5.43. The summed E-state index contributed by atoms with van der Waals surface area (Å²) in [5.41, 5.74) is -0.990. The van der Waals surface area contributed by atoms with Gasteiger partial charge in [-0.05, 0) is 18.4 Å². The summed E-state index contributed by atoms with van der Waals surface area (Å²) in [6.07, 6.45) is 0. The van der Waals surface area contributed by atoms with Crippen LogP contribution in [0.25, 0.3) is 0 Å². The Labute approximate surface area is 117 Å². The van der Waals surface area contributed by atoms with Crippen LogP contribution in [-0.4, -0.2) is 28.1 Å². The molecule has 1 heterocycles. The molecule has 3 nitrogen and oxygen atoms in total. The second-order valence-corrected chi connectivity index (χ2v) is 8.18. The van der Waals surface area contributed by atoms with E-state index in [1.165, 1.54) is 11.3 Å². The molecule has 102 valence electrons. The Morgan fingerprint density at radius 1 is 1.44 bits per heavy atom. The van der Waals surface area contributed by atoms with Gasteiger partial charge in [-0.2, -0.15) is 0 Å². The number of thiophene rings is 1. The molecule has 0 aliphatic carbocycles. The molecule has 1 amide bonds. The third kappa shape index (κ3) is 5.42. The van der Waals surface area contributed by atoms with E-state index in [0.717, 1.165) is 4.88 Å². The number of amides is 1. The Balaban J connectivity index is 2.39. The number of carbonyl (C=O) groups is 1. The third-order valence-electron chi connectivity index (χ3n) is 2.32. The zero-order valence-corrected chi connectivity index (χ0v) is 13.0. The molecule has 1 atom stereocenters. The molecule has 0 saturated carbocycles. The van der Waals surface area contributed by atoms with Gasteiger partial charge in [0.15, 0.2) is 0 Å². The summed E-state index contributed by atoms with van der Waals surface area (Å²) in [6.45, 7) is 8.19. The van der Waals surface area contributed by atoms with E-state index in [2.05, 4.69) is 26.1 Å². The van der Waals surface area contributed by atoms with E-state index < -0.39 is 5.60 Å². The van der Waals surface area contributed by atoms with Gasteiger partial charge in [0.1, 0.15) is 5.60 Å². The van der Waals surface area contributed by atoms with Crippen molar-refractivity contribution < 1.29 is 9.90 Å². The fraction of sp³-hybridized carbons (Fsp3) is 0.615. The minimum atomic E-state index is -0.990. The minimum Gasteiger partial charge on any atom is -0.383 e. The molecule has 0 bridgehead atoms. The van der Waals surface area contributed by atoms with E-state index in [1.807, 2.05) is 17.5 Å². The Morgan fingerprint density at radius 3 is 2.61 bits per heavy atom. The SMILES string of the molecule is CC(C)(C)SCC(=O)NCC(C)(O)c1cccs1. The van der Waals surface area contributed by atoms with Gasteiger partial charge in [0.05, 0.1) is 12.3 Å². The lowest BCUT2D eigenvalue weighted by Gasteiger charge is -2.23. The van der Waals surface area contributed by atoms with Crippen LogP contribution < -0.4 is 5.32 Å². The van der Waals surface area contributed by atoms with Crippen molar-refractivity contribution in [2.75, 3.05) is 12.3 Å². The van der Waals surface area contributed by atoms with Crippen LogP contribution in [0.5, 0.6) is 0 Å². The first-order valence-corrected chi connectivity index (χ1v) is 7.74. The van der Waals surface area contributed by atoms with Gasteiger partial charge >= 0.3 is 0 Å². The lowest BCUT2D eigenvalue weighted by atomic mass is 10.1. The quantitative estimate of drug-likeness (QED) is 0.875. The standard InChI is InChI=1S/C13H21NO2S2/c1-12(2,3)18-8-11(15)14-9-13(4,16)10-6-5-7-17-10/h5-7,16H,8-9H2,1-4H3,(H,14,15). The van der Waals surface area contributed by atoms with Gasteiger partial charge in [-0.1, -0.05) is 26.8 Å². The van der Waals surface area contributed by atoms with Gasteiger partial charge in [-0.25, -0.2) is 0 Å². The van der Waals surface area contributed by atoms with Crippen molar-refractivity contribution in [2.45, 2.75) is 38.0 Å². The molecule has 18 heavy (non-hydrogen) atoms. The number of rotatable bonds is 5. The Hall–Kier alpha value is -0.520. The van der Waals surface area contributed by atoms with Gasteiger partial charge in [0.2, 0.25) is 5.91 Å². The van der Waals surface area contributed by atoms with E-state index in [4.69, 9.17) is 0 Å². The molecule has 1 rings (SSSR count). The number of hydrogen-bond acceptors (Lipinski definition) is 4. The molecular formula is C13H21NO2S2. The highest BCUT2D eigenvalue weighted by atomic mass is 32.2. The molecule has 5 heteroatoms. The molecule has 0 radical (unpaired) electrons. The lowest BCUT2D eigenvalue weighted by Crippen LogP contribution is -2.39. The van der Waals surface area contributed by atoms with Crippen LogP contribution in [-0.2, 0) is 10.4 Å². The summed E-state index contributed by atoms with van der Waals surface area (Å²) in [5, 5.41) is 14.9. The first-order valence-electron chi connectivity index (χ1n) is 5.88. The number of carbonyl (C=O) groups excluding carboxylic acids is 1. The summed E-state index contributed by atoms with van der Waals surface area (Å²) in [7, 11) is 0. The summed E-state index contributed by atoms with van der Waals surface area (Å²) >= 11 is 3.09. The van der Waals surface area contributed by atoms with E-state index in [-0.39, 0.29) is 17.2 Å². The second kappa shape index (κ2) is 6.08. The maximum Gasteiger partial charge on any atom is 0.230 e. The highest BCUT2D eigenvalue weighted by molar-refractivity contribution is 8.01. The van der Waals surface area contributed by atoms with Crippen LogP contribution in [0.3, 0.4) is 0 Å². The number of thioether (sulfide) groups is 1. The van der Waals surface area contributed by atoms with Gasteiger partial charge in [0, 0.05) is 9.62 Å². The van der Waals surface area contributed by atoms with Gasteiger partial charge < -0.3 is 10.4 Å². The zero-order chi connectivity index (χ0) is 13.8. The van der Waals surface area contributed by atoms with Crippen molar-refractivity contribution in [1.82, 2.24) is 5.32 Å². The molecule has 0 saturated heterocycles. The van der Waals surface area contributed by atoms with Crippen LogP contribution in [0, 0.1) is 0 Å². The van der Waals surface area contributed by atoms with Crippen LogP contribution in [0.1, 0.15) is 32.6 Å². The normalized spacial score (nSPS) is 15.2. The first-order chi connectivity index (χ1) is 8.21. The van der Waals surface area contributed by atoms with Crippen molar-refractivity contribution in [3.8, 4) is 0 Å². The molecule has 0 aliphatic rings. The molecular weight excluding hydrogens is 266 g/mol. The molecule has 0 aliphatic heterocycles. The van der Waals surface area contributed by atoms with E-state index in [9.17, 15) is 9.90 Å². The van der Waals surface area contributed by atoms with E-state index in [1.54, 1.807) is 18.7 Å². The fourth-order valence-corrected chi connectivity index (χ4v) is 2.73. The van der Waals surface area contributed by atoms with Gasteiger partial charge in [-0.3, -0.25) is 4.79 Å². The molecule has 1 unspecified atom stereocenters. The topological polar surface area (TPSA) is 49.3 Å². The summed E-state index contributed by atoms with van der Waals surface area (Å²) in [4.78, 5) is 12.5. The van der Waals surface area contributed by atoms with Gasteiger partial charge in [0.25, 0.3) is 0 Å². The summed E-state index contributed by atoms with van der Waals surface area (Å²) in [6, 6.07) is 3.77. The lowest BCUT2D eigenvalue weighted by molar-refractivity contribution is -0.119.